The molecule has 0 heterocycles. The minimum Gasteiger partial charge on any atom is 0 e. The van der Waals surface area contributed by atoms with Crippen LogP contribution < -0.4 is 0 Å². The third kappa shape index (κ3) is 11.0. The molecular weight excluding hydrogens is 267 g/mol. The predicted octanol–water partition coefficient (Wildman–Crippen LogP) is 0.879. The Morgan fingerprint density at radius 2 is 2.29 bits per heavy atom. The van der Waals surface area contributed by atoms with E-state index in [1.807, 2.05) is 0 Å². The van der Waals surface area contributed by atoms with E-state index >= 15 is 0 Å². The Morgan fingerprint density at radius 1 is 1.86 bits per heavy atom. The maximum Gasteiger partial charge on any atom is 0 e. The van der Waals surface area contributed by atoms with E-state index in [0.717, 1.165) is 0 Å². The summed E-state index contributed by atoms with van der Waals surface area (Å²) in [5.74, 6) is -0.674. The number of aliphatic carboxylic acids is 1. The van der Waals surface area contributed by atoms with E-state index in [1.165, 1.54) is 0 Å². The van der Waals surface area contributed by atoms with Gasteiger partial charge in [-0.25, -0.2) is 0 Å². The van der Waals surface area contributed by atoms with Gasteiger partial charge in [-0.2, -0.15) is 0 Å². The number of halogens is 1. The maximum atomic E-state index is 9.62. The normalized spacial score (nSPS) is 5.86. The first-order valence-electron chi connectivity index (χ1n) is 1.55. The van der Waals surface area contributed by atoms with Crippen LogP contribution in [0.3, 0.4) is 0 Å². The van der Waals surface area contributed by atoms with E-state index in [4.69, 9.17) is 5.11 Å². The largest absolute Gasteiger partial charge is 0 e. The van der Waals surface area contributed by atoms with Gasteiger partial charge in [0.2, 0.25) is 0 Å². The minimum atomic E-state index is -0.758. The first kappa shape index (κ1) is 11.1. The van der Waals surface area contributed by atoms with Gasteiger partial charge >= 0.3 is 49.7 Å². The van der Waals surface area contributed by atoms with Crippen LogP contribution in [0, 0.1) is 0 Å². The molecule has 0 saturated heterocycles. The molecule has 2 nitrogen and oxygen atoms in total. The zero-order valence-corrected chi connectivity index (χ0v) is 11.4. The van der Waals surface area contributed by atoms with E-state index in [-0.39, 0.29) is 19.5 Å². The number of carboxylic acids is 1. The van der Waals surface area contributed by atoms with Crippen molar-refractivity contribution >= 4 is 19.6 Å². The van der Waals surface area contributed by atoms with Crippen molar-refractivity contribution in [1.29, 1.82) is 0 Å². The molecule has 0 aliphatic rings. The van der Waals surface area contributed by atoms with Crippen LogP contribution in [0.5, 0.6) is 0 Å². The summed E-state index contributed by atoms with van der Waals surface area (Å²) < 4.78 is 0. The SMILES string of the molecule is O=C(O)[CH2][Zn][Br].[Zn]. The number of rotatable bonds is 2. The van der Waals surface area contributed by atoms with Gasteiger partial charge in [-0.1, -0.05) is 0 Å². The van der Waals surface area contributed by atoms with Crippen LogP contribution in [0.25, 0.3) is 0 Å². The summed E-state index contributed by atoms with van der Waals surface area (Å²) in [5.41, 5.74) is 0. The summed E-state index contributed by atoms with van der Waals surface area (Å²) in [6.07, 6.45) is 0. The first-order chi connectivity index (χ1) is 2.77. The quantitative estimate of drug-likeness (QED) is 0.756. The van der Waals surface area contributed by atoms with Crippen molar-refractivity contribution in [3.05, 3.63) is 0 Å². The van der Waals surface area contributed by atoms with E-state index in [1.54, 1.807) is 0 Å². The third-order valence-corrected chi connectivity index (χ3v) is 3.66. The molecule has 0 aliphatic carbocycles. The molecule has 0 unspecified atom stereocenters. The van der Waals surface area contributed by atoms with Crippen LogP contribution in [0.2, 0.25) is 5.02 Å². The molecule has 1 N–H and O–H groups in total. The van der Waals surface area contributed by atoms with Gasteiger partial charge in [0.1, 0.15) is 0 Å². The molecule has 0 bridgehead atoms. The molecule has 34 valence electrons. The average molecular weight is 270 g/mol. The van der Waals surface area contributed by atoms with Gasteiger partial charge in [0, 0.05) is 19.5 Å². The Balaban J connectivity index is 0. The van der Waals surface area contributed by atoms with Gasteiger partial charge in [-0.3, -0.25) is 0 Å². The van der Waals surface area contributed by atoms with Crippen LogP contribution in [0.1, 0.15) is 0 Å². The molecule has 0 spiro atoms. The zero-order chi connectivity index (χ0) is 4.99. The molecule has 0 rings (SSSR count). The minimum absolute atomic E-state index is 0. The summed E-state index contributed by atoms with van der Waals surface area (Å²) in [7, 11) is 0. The fourth-order valence-corrected chi connectivity index (χ4v) is 2.18. The molecule has 0 aromatic rings. The van der Waals surface area contributed by atoms with Crippen LogP contribution in [0.15, 0.2) is 0 Å². The van der Waals surface area contributed by atoms with Gasteiger partial charge in [0.05, 0.1) is 0 Å². The van der Waals surface area contributed by atoms with Crippen molar-refractivity contribution < 1.29 is 44.5 Å². The van der Waals surface area contributed by atoms with Gasteiger partial charge in [-0.15, -0.1) is 0 Å². The molecule has 0 saturated carbocycles. The molecule has 0 radical (unpaired) electrons. The molecule has 0 aromatic heterocycles. The van der Waals surface area contributed by atoms with Crippen molar-refractivity contribution in [2.24, 2.45) is 0 Å². The molecular formula is C2H3BrO2Zn2. The van der Waals surface area contributed by atoms with Crippen molar-refractivity contribution in [3.8, 4) is 0 Å². The molecule has 0 aromatic carbocycles. The Labute approximate surface area is 68.8 Å². The van der Waals surface area contributed by atoms with E-state index < -0.39 is 21.1 Å². The molecule has 0 atom stereocenters. The number of hydrogen-bond donors (Lipinski definition) is 1. The van der Waals surface area contributed by atoms with Crippen LogP contribution in [0.4, 0.5) is 0 Å². The third-order valence-electron chi connectivity index (χ3n) is 0.308. The van der Waals surface area contributed by atoms with Gasteiger partial charge in [0.15, 0.2) is 0 Å². The summed E-state index contributed by atoms with van der Waals surface area (Å²) in [5, 5.41) is 8.33. The second-order valence-corrected chi connectivity index (χ2v) is 6.80. The summed E-state index contributed by atoms with van der Waals surface area (Å²) in [6.45, 7) is 0. The van der Waals surface area contributed by atoms with E-state index in [2.05, 4.69) is 13.6 Å². The van der Waals surface area contributed by atoms with E-state index in [9.17, 15) is 4.79 Å². The van der Waals surface area contributed by atoms with Crippen molar-refractivity contribution in [1.82, 2.24) is 0 Å². The van der Waals surface area contributed by atoms with Crippen molar-refractivity contribution in [3.63, 3.8) is 0 Å². The fraction of sp³-hybridized carbons (Fsp3) is 0.500. The fourth-order valence-electron chi connectivity index (χ4n) is 0.0808. The second kappa shape index (κ2) is 7.20. The maximum absolute atomic E-state index is 9.62. The summed E-state index contributed by atoms with van der Waals surface area (Å²) in [6, 6.07) is 0. The van der Waals surface area contributed by atoms with Crippen LogP contribution in [-0.4, -0.2) is 11.1 Å². The summed E-state index contributed by atoms with van der Waals surface area (Å²) in [4.78, 5) is 9.62. The predicted molar refractivity (Wildman–Crippen MR) is 21.4 cm³/mol. The average Bonchev–Trinajstić information content (AvgIpc) is 1.35. The van der Waals surface area contributed by atoms with Gasteiger partial charge < -0.3 is 0 Å². The molecule has 5 heteroatoms. The summed E-state index contributed by atoms with van der Waals surface area (Å²) >= 11 is 2.40. The van der Waals surface area contributed by atoms with Gasteiger partial charge in [-0.05, 0) is 0 Å². The zero-order valence-electron chi connectivity index (χ0n) is 3.85. The topological polar surface area (TPSA) is 37.3 Å². The molecule has 7 heavy (non-hydrogen) atoms. The smallest absolute Gasteiger partial charge is 0 e. The Kier molecular flexibility index (Phi) is 11.4. The number of carbonyl (C=O) groups is 1. The van der Waals surface area contributed by atoms with E-state index in [0.29, 0.717) is 5.02 Å². The monoisotopic (exact) mass is 266 g/mol. The van der Waals surface area contributed by atoms with Crippen LogP contribution >= 0.6 is 13.6 Å². The molecule has 0 fully saturated rings. The van der Waals surface area contributed by atoms with Gasteiger partial charge in [0.25, 0.3) is 0 Å². The van der Waals surface area contributed by atoms with Crippen molar-refractivity contribution in [2.45, 2.75) is 5.02 Å². The van der Waals surface area contributed by atoms with Crippen molar-refractivity contribution in [2.75, 3.05) is 0 Å². The standard InChI is InChI=1S/C2H3O2.BrH.2Zn/c1-2(3)4;;;/h1H2,(H,3,4);1H;;/q;;;+1/p-1. The first-order valence-corrected chi connectivity index (χ1v) is 10.6. The Morgan fingerprint density at radius 3 is 2.29 bits per heavy atom. The molecule has 0 amide bonds. The number of hydrogen-bond acceptors (Lipinski definition) is 1. The Bertz CT molecular complexity index is 57.7. The van der Waals surface area contributed by atoms with Crippen LogP contribution in [-0.2, 0) is 39.4 Å². The number of carboxylic acid groups (broad SMARTS) is 1. The Hall–Kier alpha value is 1.20. The molecule has 0 aliphatic heterocycles. The second-order valence-electron chi connectivity index (χ2n) is 0.833.